The Morgan fingerprint density at radius 1 is 1.20 bits per heavy atom. The van der Waals surface area contributed by atoms with Gasteiger partial charge in [0.2, 0.25) is 5.72 Å². The molecule has 2 aromatic rings. The SMILES string of the molecule is [N-]=[N+]=NC[C@@H]1CO[C@]2(c3ccccc3)N(c3ccccc3)C(=O)[C@]12Cl. The Bertz CT molecular complexity index is 856. The third kappa shape index (κ3) is 1.96. The van der Waals surface area contributed by atoms with Crippen molar-refractivity contribution in [1.82, 2.24) is 0 Å². The predicted molar refractivity (Wildman–Crippen MR) is 94.1 cm³/mol. The van der Waals surface area contributed by atoms with Crippen molar-refractivity contribution in [3.8, 4) is 0 Å². The molecule has 1 amide bonds. The fourth-order valence-corrected chi connectivity index (χ4v) is 4.26. The first kappa shape index (κ1) is 16.0. The van der Waals surface area contributed by atoms with Gasteiger partial charge in [-0.15, -0.1) is 11.6 Å². The molecule has 2 fully saturated rings. The van der Waals surface area contributed by atoms with Crippen LogP contribution in [0.1, 0.15) is 5.56 Å². The van der Waals surface area contributed by atoms with Gasteiger partial charge >= 0.3 is 0 Å². The molecule has 0 saturated carbocycles. The number of para-hydroxylation sites is 1. The number of benzene rings is 2. The fraction of sp³-hybridized carbons (Fsp3) is 0.278. The van der Waals surface area contributed by atoms with Gasteiger partial charge in [0.25, 0.3) is 5.91 Å². The van der Waals surface area contributed by atoms with Gasteiger partial charge in [0.1, 0.15) is 0 Å². The van der Waals surface area contributed by atoms with Gasteiger partial charge in [0, 0.05) is 28.6 Å². The van der Waals surface area contributed by atoms with Gasteiger partial charge in [-0.05, 0) is 17.7 Å². The van der Waals surface area contributed by atoms with Gasteiger partial charge in [0.05, 0.1) is 6.61 Å². The molecule has 2 aliphatic rings. The number of carbonyl (C=O) groups excluding carboxylic acids is 1. The van der Waals surface area contributed by atoms with Crippen molar-refractivity contribution in [2.24, 2.45) is 11.0 Å². The maximum atomic E-state index is 13.1. The zero-order valence-electron chi connectivity index (χ0n) is 13.2. The highest BCUT2D eigenvalue weighted by Crippen LogP contribution is 2.62. The zero-order valence-corrected chi connectivity index (χ0v) is 14.0. The van der Waals surface area contributed by atoms with Crippen molar-refractivity contribution in [3.63, 3.8) is 0 Å². The number of halogens is 1. The third-order valence-electron chi connectivity index (χ3n) is 4.92. The summed E-state index contributed by atoms with van der Waals surface area (Å²) in [5.41, 5.74) is 9.05. The maximum absolute atomic E-state index is 13.1. The number of nitrogens with zero attached hydrogens (tertiary/aromatic N) is 4. The second kappa shape index (κ2) is 5.77. The van der Waals surface area contributed by atoms with Crippen LogP contribution in [-0.4, -0.2) is 23.9 Å². The Labute approximate surface area is 149 Å². The van der Waals surface area contributed by atoms with Gasteiger partial charge in [-0.1, -0.05) is 53.6 Å². The number of azide groups is 1. The largest absolute Gasteiger partial charge is 0.348 e. The second-order valence-corrected chi connectivity index (χ2v) is 6.72. The first-order valence-electron chi connectivity index (χ1n) is 7.95. The molecule has 7 heteroatoms. The van der Waals surface area contributed by atoms with Crippen LogP contribution in [0.2, 0.25) is 0 Å². The Kier molecular flexibility index (Phi) is 3.69. The molecule has 3 atom stereocenters. The van der Waals surface area contributed by atoms with Crippen LogP contribution < -0.4 is 4.90 Å². The monoisotopic (exact) mass is 354 g/mol. The van der Waals surface area contributed by atoms with Gasteiger partial charge in [0.15, 0.2) is 4.87 Å². The van der Waals surface area contributed by atoms with E-state index in [9.17, 15) is 4.79 Å². The van der Waals surface area contributed by atoms with E-state index in [2.05, 4.69) is 10.0 Å². The second-order valence-electron chi connectivity index (χ2n) is 6.12. The molecule has 0 bridgehead atoms. The highest BCUT2D eigenvalue weighted by molar-refractivity contribution is 6.42. The van der Waals surface area contributed by atoms with E-state index in [0.29, 0.717) is 0 Å². The van der Waals surface area contributed by atoms with E-state index in [1.54, 1.807) is 4.90 Å². The molecular weight excluding hydrogens is 340 g/mol. The van der Waals surface area contributed by atoms with E-state index in [0.717, 1.165) is 11.3 Å². The summed E-state index contributed by atoms with van der Waals surface area (Å²) in [6.07, 6.45) is 0. The summed E-state index contributed by atoms with van der Waals surface area (Å²) < 4.78 is 6.17. The molecule has 2 aromatic carbocycles. The maximum Gasteiger partial charge on any atom is 0.256 e. The zero-order chi connectivity index (χ0) is 17.5. The van der Waals surface area contributed by atoms with Crippen molar-refractivity contribution < 1.29 is 9.53 Å². The number of carbonyl (C=O) groups is 1. The summed E-state index contributed by atoms with van der Waals surface area (Å²) in [6.45, 7) is 0.357. The highest BCUT2D eigenvalue weighted by Gasteiger charge is 2.79. The lowest BCUT2D eigenvalue weighted by Gasteiger charge is -2.58. The summed E-state index contributed by atoms with van der Waals surface area (Å²) >= 11 is 6.89. The van der Waals surface area contributed by atoms with Crippen molar-refractivity contribution in [2.75, 3.05) is 18.1 Å². The van der Waals surface area contributed by atoms with Crippen molar-refractivity contribution in [3.05, 3.63) is 76.7 Å². The molecule has 0 aliphatic carbocycles. The number of hydrogen-bond donors (Lipinski definition) is 0. The Balaban J connectivity index is 1.87. The lowest BCUT2D eigenvalue weighted by molar-refractivity contribution is -0.149. The van der Waals surface area contributed by atoms with E-state index in [4.69, 9.17) is 21.9 Å². The molecule has 2 saturated heterocycles. The molecule has 126 valence electrons. The minimum atomic E-state index is -1.29. The summed E-state index contributed by atoms with van der Waals surface area (Å²) in [5, 5.41) is 3.62. The molecule has 0 aromatic heterocycles. The molecule has 2 aliphatic heterocycles. The molecule has 0 unspecified atom stereocenters. The van der Waals surface area contributed by atoms with Crippen LogP contribution in [0, 0.1) is 5.92 Å². The number of rotatable bonds is 4. The smallest absolute Gasteiger partial charge is 0.256 e. The molecule has 25 heavy (non-hydrogen) atoms. The van der Waals surface area contributed by atoms with Crippen LogP contribution in [0.4, 0.5) is 5.69 Å². The molecule has 6 nitrogen and oxygen atoms in total. The van der Waals surface area contributed by atoms with Crippen LogP contribution in [0.3, 0.4) is 0 Å². The number of fused-ring (bicyclic) bond motifs is 1. The van der Waals surface area contributed by atoms with E-state index >= 15 is 0 Å². The number of hydrogen-bond acceptors (Lipinski definition) is 3. The summed E-state index contributed by atoms with van der Waals surface area (Å²) in [5.74, 6) is -0.627. The lowest BCUT2D eigenvalue weighted by Crippen LogP contribution is -2.78. The van der Waals surface area contributed by atoms with E-state index < -0.39 is 16.5 Å². The summed E-state index contributed by atoms with van der Waals surface area (Å²) in [7, 11) is 0. The van der Waals surface area contributed by atoms with E-state index in [1.165, 1.54) is 0 Å². The predicted octanol–water partition coefficient (Wildman–Crippen LogP) is 3.82. The lowest BCUT2D eigenvalue weighted by atomic mass is 9.72. The molecule has 4 rings (SSSR count). The molecule has 0 N–H and O–H groups in total. The van der Waals surface area contributed by atoms with Crippen molar-refractivity contribution in [2.45, 2.75) is 10.6 Å². The first-order chi connectivity index (χ1) is 12.2. The summed E-state index contributed by atoms with van der Waals surface area (Å²) in [4.78, 5) is 16.2. The van der Waals surface area contributed by atoms with Gasteiger partial charge < -0.3 is 4.74 Å². The first-order valence-corrected chi connectivity index (χ1v) is 8.33. The van der Waals surface area contributed by atoms with Crippen LogP contribution in [0.5, 0.6) is 0 Å². The number of amides is 1. The highest BCUT2D eigenvalue weighted by atomic mass is 35.5. The minimum Gasteiger partial charge on any atom is -0.348 e. The molecular formula is C18H15ClN4O2. The van der Waals surface area contributed by atoms with Crippen molar-refractivity contribution >= 4 is 23.2 Å². The fourth-order valence-electron chi connectivity index (χ4n) is 3.79. The van der Waals surface area contributed by atoms with Crippen LogP contribution in [0.15, 0.2) is 65.8 Å². The van der Waals surface area contributed by atoms with E-state index in [1.807, 2.05) is 60.7 Å². The topological polar surface area (TPSA) is 78.3 Å². The Hall–Kier alpha value is -2.53. The standard InChI is InChI=1S/C18H15ClN4O2/c19-17-14(11-21-22-20)12-25-18(17,13-7-3-1-4-8-13)23(16(17)24)15-9-5-2-6-10-15/h1-10,14H,11-12H2/t14-,17-,18+/m1/s1. The van der Waals surface area contributed by atoms with Gasteiger partial charge in [-0.3, -0.25) is 9.69 Å². The Morgan fingerprint density at radius 3 is 2.48 bits per heavy atom. The number of anilines is 1. The minimum absolute atomic E-state index is 0.114. The average molecular weight is 355 g/mol. The van der Waals surface area contributed by atoms with E-state index in [-0.39, 0.29) is 19.1 Å². The molecule has 2 heterocycles. The normalized spacial score (nSPS) is 30.4. The number of ether oxygens (including phenoxy) is 1. The number of β-lactam (4-membered cyclic amide) rings is 1. The van der Waals surface area contributed by atoms with Crippen LogP contribution in [0.25, 0.3) is 10.4 Å². The third-order valence-corrected chi connectivity index (χ3v) is 5.65. The van der Waals surface area contributed by atoms with Gasteiger partial charge in [-0.2, -0.15) is 0 Å². The van der Waals surface area contributed by atoms with Crippen molar-refractivity contribution in [1.29, 1.82) is 0 Å². The summed E-state index contributed by atoms with van der Waals surface area (Å²) in [6, 6.07) is 18.8. The van der Waals surface area contributed by atoms with Gasteiger partial charge in [-0.25, -0.2) is 0 Å². The molecule has 0 spiro atoms. The quantitative estimate of drug-likeness (QED) is 0.275. The average Bonchev–Trinajstić information content (AvgIpc) is 2.92. The Morgan fingerprint density at radius 2 is 1.84 bits per heavy atom. The van der Waals surface area contributed by atoms with Crippen LogP contribution >= 0.6 is 11.6 Å². The number of alkyl halides is 1. The van der Waals surface area contributed by atoms with Crippen LogP contribution in [-0.2, 0) is 15.3 Å². The molecule has 0 radical (unpaired) electrons.